The predicted octanol–water partition coefficient (Wildman–Crippen LogP) is 1.20. The van der Waals surface area contributed by atoms with Crippen LogP contribution < -0.4 is 0 Å². The Morgan fingerprint density at radius 1 is 1.00 bits per heavy atom. The lowest BCUT2D eigenvalue weighted by Gasteiger charge is -2.31. The Bertz CT molecular complexity index is 86.3. The van der Waals surface area contributed by atoms with Gasteiger partial charge >= 0.3 is 0 Å². The van der Waals surface area contributed by atoms with Crippen molar-refractivity contribution in [2.75, 3.05) is 19.8 Å². The van der Waals surface area contributed by atoms with Crippen LogP contribution in [0.5, 0.6) is 0 Å². The van der Waals surface area contributed by atoms with Crippen LogP contribution in [-0.2, 0) is 9.47 Å². The largest absolute Gasteiger partial charge is 0.381 e. The average Bonchev–Trinajstić information content (AvgIpc) is 1.89. The Balaban J connectivity index is 1.94. The highest BCUT2D eigenvalue weighted by Gasteiger charge is 2.23. The third-order valence-electron chi connectivity index (χ3n) is 2.40. The second-order valence-electron chi connectivity index (χ2n) is 3.26. The average molecular weight is 142 g/mol. The number of fused-ring (bicyclic) bond motifs is 5. The second-order valence-corrected chi connectivity index (χ2v) is 3.26. The van der Waals surface area contributed by atoms with Crippen molar-refractivity contribution in [3.63, 3.8) is 0 Å². The van der Waals surface area contributed by atoms with Crippen LogP contribution in [-0.4, -0.2) is 25.9 Å². The van der Waals surface area contributed by atoms with Crippen molar-refractivity contribution in [3.8, 4) is 0 Å². The van der Waals surface area contributed by atoms with Gasteiger partial charge in [-0.15, -0.1) is 0 Å². The molecule has 2 bridgehead atoms. The molecule has 0 aliphatic carbocycles. The molecule has 2 unspecified atom stereocenters. The van der Waals surface area contributed by atoms with E-state index >= 15 is 0 Å². The molecule has 3 aliphatic heterocycles. The minimum atomic E-state index is 0.511. The van der Waals surface area contributed by atoms with E-state index in [1.807, 2.05) is 0 Å². The van der Waals surface area contributed by atoms with Gasteiger partial charge in [-0.05, 0) is 19.3 Å². The summed E-state index contributed by atoms with van der Waals surface area (Å²) in [5.74, 6) is 0.691. The van der Waals surface area contributed by atoms with Crippen LogP contribution in [0.1, 0.15) is 19.3 Å². The maximum atomic E-state index is 5.60. The first kappa shape index (κ1) is 6.62. The third-order valence-corrected chi connectivity index (χ3v) is 2.40. The SMILES string of the molecule is C1CC2CCC(CO1)CO2. The van der Waals surface area contributed by atoms with E-state index < -0.39 is 0 Å². The van der Waals surface area contributed by atoms with Crippen molar-refractivity contribution in [3.05, 3.63) is 0 Å². The van der Waals surface area contributed by atoms with E-state index in [-0.39, 0.29) is 0 Å². The molecule has 0 aromatic rings. The normalized spacial score (nSPS) is 40.8. The molecule has 0 spiro atoms. The van der Waals surface area contributed by atoms with Crippen molar-refractivity contribution < 1.29 is 9.47 Å². The van der Waals surface area contributed by atoms with Gasteiger partial charge < -0.3 is 9.47 Å². The summed E-state index contributed by atoms with van der Waals surface area (Å²) in [6.07, 6.45) is 4.18. The zero-order chi connectivity index (χ0) is 6.81. The smallest absolute Gasteiger partial charge is 0.0597 e. The summed E-state index contributed by atoms with van der Waals surface area (Å²) in [5.41, 5.74) is 0. The van der Waals surface area contributed by atoms with Crippen molar-refractivity contribution in [2.45, 2.75) is 25.4 Å². The summed E-state index contributed by atoms with van der Waals surface area (Å²) in [4.78, 5) is 0. The number of hydrogen-bond donors (Lipinski definition) is 0. The molecule has 10 heavy (non-hydrogen) atoms. The van der Waals surface area contributed by atoms with Crippen molar-refractivity contribution in [1.82, 2.24) is 0 Å². The summed E-state index contributed by atoms with van der Waals surface area (Å²) in [6.45, 7) is 2.76. The Morgan fingerprint density at radius 2 is 2.00 bits per heavy atom. The van der Waals surface area contributed by atoms with Crippen molar-refractivity contribution >= 4 is 0 Å². The third kappa shape index (κ3) is 1.32. The lowest BCUT2D eigenvalue weighted by atomic mass is 9.97. The zero-order valence-electron chi connectivity index (χ0n) is 6.21. The number of hydrogen-bond acceptors (Lipinski definition) is 2. The summed E-state index contributed by atoms with van der Waals surface area (Å²) >= 11 is 0. The lowest BCUT2D eigenvalue weighted by Crippen LogP contribution is -2.32. The molecule has 3 saturated heterocycles. The molecule has 3 heterocycles. The van der Waals surface area contributed by atoms with Gasteiger partial charge in [0.05, 0.1) is 19.3 Å². The van der Waals surface area contributed by atoms with E-state index in [9.17, 15) is 0 Å². The van der Waals surface area contributed by atoms with Gasteiger partial charge in [-0.2, -0.15) is 0 Å². The molecule has 0 aromatic carbocycles. The molecule has 0 radical (unpaired) electrons. The van der Waals surface area contributed by atoms with E-state index in [1.54, 1.807) is 0 Å². The Labute approximate surface area is 61.5 Å². The zero-order valence-corrected chi connectivity index (χ0v) is 6.21. The quantitative estimate of drug-likeness (QED) is 0.506. The Hall–Kier alpha value is -0.0800. The van der Waals surface area contributed by atoms with Crippen LogP contribution in [0.4, 0.5) is 0 Å². The highest BCUT2D eigenvalue weighted by atomic mass is 16.5. The Morgan fingerprint density at radius 3 is 2.80 bits per heavy atom. The lowest BCUT2D eigenvalue weighted by molar-refractivity contribution is -0.0811. The first-order valence-electron chi connectivity index (χ1n) is 4.14. The van der Waals surface area contributed by atoms with E-state index in [0.29, 0.717) is 12.0 Å². The van der Waals surface area contributed by atoms with Gasteiger partial charge in [-0.1, -0.05) is 0 Å². The van der Waals surface area contributed by atoms with Gasteiger partial charge in [0, 0.05) is 12.5 Å². The monoisotopic (exact) mass is 142 g/mol. The molecular formula is C8H14O2. The summed E-state index contributed by atoms with van der Waals surface area (Å²) in [5, 5.41) is 0. The molecule has 0 saturated carbocycles. The fraction of sp³-hybridized carbons (Fsp3) is 1.00. The predicted molar refractivity (Wildman–Crippen MR) is 37.9 cm³/mol. The molecule has 0 aromatic heterocycles. The fourth-order valence-corrected chi connectivity index (χ4v) is 1.68. The van der Waals surface area contributed by atoms with E-state index in [2.05, 4.69) is 0 Å². The van der Waals surface area contributed by atoms with Gasteiger partial charge in [-0.3, -0.25) is 0 Å². The van der Waals surface area contributed by atoms with Crippen LogP contribution in [0.3, 0.4) is 0 Å². The molecule has 0 amide bonds. The highest BCUT2D eigenvalue weighted by molar-refractivity contribution is 4.72. The minimum absolute atomic E-state index is 0.511. The number of rotatable bonds is 0. The molecule has 58 valence electrons. The second kappa shape index (κ2) is 2.89. The fourth-order valence-electron chi connectivity index (χ4n) is 1.68. The maximum Gasteiger partial charge on any atom is 0.0597 e. The first-order valence-corrected chi connectivity index (χ1v) is 4.14. The van der Waals surface area contributed by atoms with Crippen LogP contribution in [0, 0.1) is 5.92 Å². The number of ether oxygens (including phenoxy) is 2. The van der Waals surface area contributed by atoms with Gasteiger partial charge in [0.1, 0.15) is 0 Å². The topological polar surface area (TPSA) is 18.5 Å². The standard InChI is InChI=1S/C8H14O2/c1-2-8-3-4-9-5-7(1)6-10-8/h7-8H,1-6H2. The molecule has 3 aliphatic rings. The molecule has 3 fully saturated rings. The van der Waals surface area contributed by atoms with Gasteiger partial charge in [0.15, 0.2) is 0 Å². The minimum Gasteiger partial charge on any atom is -0.381 e. The van der Waals surface area contributed by atoms with Gasteiger partial charge in [0.25, 0.3) is 0 Å². The van der Waals surface area contributed by atoms with E-state index in [4.69, 9.17) is 9.47 Å². The summed E-state index contributed by atoms with van der Waals surface area (Å²) in [7, 11) is 0. The van der Waals surface area contributed by atoms with Crippen LogP contribution in [0.15, 0.2) is 0 Å². The molecule has 2 atom stereocenters. The summed E-state index contributed by atoms with van der Waals surface area (Å²) < 4.78 is 11.0. The summed E-state index contributed by atoms with van der Waals surface area (Å²) in [6, 6.07) is 0. The first-order chi connectivity index (χ1) is 4.95. The maximum absolute atomic E-state index is 5.60. The van der Waals surface area contributed by atoms with Crippen LogP contribution in [0.2, 0.25) is 0 Å². The van der Waals surface area contributed by atoms with Crippen LogP contribution >= 0.6 is 0 Å². The molecule has 0 N–H and O–H groups in total. The highest BCUT2D eigenvalue weighted by Crippen LogP contribution is 2.23. The van der Waals surface area contributed by atoms with E-state index in [1.165, 1.54) is 12.8 Å². The Kier molecular flexibility index (Phi) is 1.91. The van der Waals surface area contributed by atoms with Gasteiger partial charge in [-0.25, -0.2) is 0 Å². The molecule has 2 nitrogen and oxygen atoms in total. The molecule has 3 rings (SSSR count). The molecule has 2 heteroatoms. The van der Waals surface area contributed by atoms with Crippen molar-refractivity contribution in [2.24, 2.45) is 5.92 Å². The van der Waals surface area contributed by atoms with Crippen LogP contribution in [0.25, 0.3) is 0 Å². The molecular weight excluding hydrogens is 128 g/mol. The van der Waals surface area contributed by atoms with Crippen molar-refractivity contribution in [1.29, 1.82) is 0 Å². The van der Waals surface area contributed by atoms with E-state index in [0.717, 1.165) is 26.2 Å². The van der Waals surface area contributed by atoms with Gasteiger partial charge in [0.2, 0.25) is 0 Å².